The van der Waals surface area contributed by atoms with Crippen LogP contribution in [0.5, 0.6) is 0 Å². The molecule has 0 amide bonds. The SMILES string of the molecule is CC1c2ccsc2CCN1c1ncnc2c1cnn2C. The highest BCUT2D eigenvalue weighted by Crippen LogP contribution is 2.37. The van der Waals surface area contributed by atoms with Gasteiger partial charge >= 0.3 is 0 Å². The lowest BCUT2D eigenvalue weighted by molar-refractivity contribution is 0.627. The molecule has 0 aromatic carbocycles. The van der Waals surface area contributed by atoms with E-state index in [1.807, 2.05) is 24.6 Å². The number of rotatable bonds is 1. The first-order chi connectivity index (χ1) is 9.75. The molecule has 4 heterocycles. The second-order valence-corrected chi connectivity index (χ2v) is 6.12. The van der Waals surface area contributed by atoms with Crippen molar-refractivity contribution in [1.29, 1.82) is 0 Å². The minimum absolute atomic E-state index is 0.350. The first kappa shape index (κ1) is 11.8. The third kappa shape index (κ3) is 1.57. The third-order valence-corrected chi connectivity index (χ3v) is 5.05. The molecule has 3 aromatic heterocycles. The summed E-state index contributed by atoms with van der Waals surface area (Å²) < 4.78 is 1.80. The predicted octanol–water partition coefficient (Wildman–Crippen LogP) is 2.55. The lowest BCUT2D eigenvalue weighted by atomic mass is 10.0. The van der Waals surface area contributed by atoms with Gasteiger partial charge < -0.3 is 4.90 Å². The Bertz CT molecular complexity index is 775. The van der Waals surface area contributed by atoms with Crippen LogP contribution in [0.2, 0.25) is 0 Å². The van der Waals surface area contributed by atoms with Gasteiger partial charge in [0.2, 0.25) is 0 Å². The van der Waals surface area contributed by atoms with Crippen LogP contribution in [0.25, 0.3) is 11.0 Å². The summed E-state index contributed by atoms with van der Waals surface area (Å²) in [7, 11) is 1.91. The predicted molar refractivity (Wildman–Crippen MR) is 80.1 cm³/mol. The second kappa shape index (κ2) is 4.28. The van der Waals surface area contributed by atoms with Crippen LogP contribution in [0.3, 0.4) is 0 Å². The van der Waals surface area contributed by atoms with E-state index in [2.05, 4.69) is 38.3 Å². The Kier molecular flexibility index (Phi) is 2.53. The van der Waals surface area contributed by atoms with Crippen molar-refractivity contribution >= 4 is 28.2 Å². The average molecular weight is 285 g/mol. The van der Waals surface area contributed by atoms with E-state index in [1.54, 1.807) is 11.0 Å². The van der Waals surface area contributed by atoms with Gasteiger partial charge in [-0.2, -0.15) is 5.10 Å². The topological polar surface area (TPSA) is 46.8 Å². The van der Waals surface area contributed by atoms with Crippen molar-refractivity contribution in [3.63, 3.8) is 0 Å². The highest BCUT2D eigenvalue weighted by atomic mass is 32.1. The molecule has 4 rings (SSSR count). The molecule has 0 fully saturated rings. The van der Waals surface area contributed by atoms with Crippen LogP contribution in [0.4, 0.5) is 5.82 Å². The Morgan fingerprint density at radius 1 is 1.35 bits per heavy atom. The fourth-order valence-corrected chi connectivity index (χ4v) is 3.94. The van der Waals surface area contributed by atoms with Crippen molar-refractivity contribution < 1.29 is 0 Å². The van der Waals surface area contributed by atoms with E-state index in [0.717, 1.165) is 29.8 Å². The monoisotopic (exact) mass is 285 g/mol. The van der Waals surface area contributed by atoms with Crippen molar-refractivity contribution in [2.75, 3.05) is 11.4 Å². The zero-order valence-corrected chi connectivity index (χ0v) is 12.3. The largest absolute Gasteiger partial charge is 0.349 e. The van der Waals surface area contributed by atoms with Gasteiger partial charge in [0.15, 0.2) is 5.65 Å². The summed E-state index contributed by atoms with van der Waals surface area (Å²) in [5, 5.41) is 7.51. The summed E-state index contributed by atoms with van der Waals surface area (Å²) in [6.45, 7) is 3.24. The maximum Gasteiger partial charge on any atom is 0.163 e. The van der Waals surface area contributed by atoms with Crippen LogP contribution >= 0.6 is 11.3 Å². The molecule has 0 bridgehead atoms. The van der Waals surface area contributed by atoms with E-state index < -0.39 is 0 Å². The van der Waals surface area contributed by atoms with E-state index in [-0.39, 0.29) is 0 Å². The lowest BCUT2D eigenvalue weighted by Gasteiger charge is -2.34. The molecule has 1 atom stereocenters. The van der Waals surface area contributed by atoms with Crippen molar-refractivity contribution in [3.05, 3.63) is 34.4 Å². The Hall–Kier alpha value is -1.95. The number of anilines is 1. The van der Waals surface area contributed by atoms with E-state index in [4.69, 9.17) is 0 Å². The number of hydrogen-bond donors (Lipinski definition) is 0. The second-order valence-electron chi connectivity index (χ2n) is 5.12. The number of aryl methyl sites for hydroxylation is 1. The lowest BCUT2D eigenvalue weighted by Crippen LogP contribution is -2.33. The fourth-order valence-electron chi connectivity index (χ4n) is 2.98. The van der Waals surface area contributed by atoms with Crippen LogP contribution in [-0.4, -0.2) is 26.3 Å². The van der Waals surface area contributed by atoms with Gasteiger partial charge in [-0.1, -0.05) is 0 Å². The van der Waals surface area contributed by atoms with E-state index in [9.17, 15) is 0 Å². The maximum absolute atomic E-state index is 4.52. The number of fused-ring (bicyclic) bond motifs is 2. The molecule has 0 aliphatic carbocycles. The van der Waals surface area contributed by atoms with Gasteiger partial charge in [-0.3, -0.25) is 4.68 Å². The minimum atomic E-state index is 0.350. The Labute approximate surface area is 120 Å². The molecular formula is C14H15N5S. The number of hydrogen-bond acceptors (Lipinski definition) is 5. The first-order valence-corrected chi connectivity index (χ1v) is 7.59. The Balaban J connectivity index is 1.84. The summed E-state index contributed by atoms with van der Waals surface area (Å²) >= 11 is 1.86. The van der Waals surface area contributed by atoms with Crippen molar-refractivity contribution in [3.8, 4) is 0 Å². The molecule has 20 heavy (non-hydrogen) atoms. The van der Waals surface area contributed by atoms with Crippen LogP contribution < -0.4 is 4.90 Å². The molecule has 6 heteroatoms. The maximum atomic E-state index is 4.52. The van der Waals surface area contributed by atoms with Crippen LogP contribution in [-0.2, 0) is 13.5 Å². The summed E-state index contributed by atoms with van der Waals surface area (Å²) in [6.07, 6.45) is 4.58. The van der Waals surface area contributed by atoms with Crippen molar-refractivity contribution in [1.82, 2.24) is 19.7 Å². The highest BCUT2D eigenvalue weighted by molar-refractivity contribution is 7.10. The minimum Gasteiger partial charge on any atom is -0.349 e. The Morgan fingerprint density at radius 2 is 2.25 bits per heavy atom. The summed E-state index contributed by atoms with van der Waals surface area (Å²) in [5.74, 6) is 0.993. The molecular weight excluding hydrogens is 270 g/mol. The highest BCUT2D eigenvalue weighted by Gasteiger charge is 2.27. The van der Waals surface area contributed by atoms with Crippen LogP contribution in [0, 0.1) is 0 Å². The van der Waals surface area contributed by atoms with E-state index in [1.165, 1.54) is 10.4 Å². The van der Waals surface area contributed by atoms with Crippen molar-refractivity contribution in [2.45, 2.75) is 19.4 Å². The molecule has 0 radical (unpaired) electrons. The van der Waals surface area contributed by atoms with Gasteiger partial charge in [0, 0.05) is 18.5 Å². The fraction of sp³-hybridized carbons (Fsp3) is 0.357. The third-order valence-electron chi connectivity index (χ3n) is 4.06. The summed E-state index contributed by atoms with van der Waals surface area (Å²) in [6, 6.07) is 2.58. The average Bonchev–Trinajstić information content (AvgIpc) is 3.07. The van der Waals surface area contributed by atoms with Gasteiger partial charge in [0.25, 0.3) is 0 Å². The van der Waals surface area contributed by atoms with Crippen LogP contribution in [0.15, 0.2) is 24.0 Å². The zero-order valence-electron chi connectivity index (χ0n) is 11.4. The molecule has 1 unspecified atom stereocenters. The van der Waals surface area contributed by atoms with Gasteiger partial charge in [-0.15, -0.1) is 11.3 Å². The molecule has 1 aliphatic rings. The van der Waals surface area contributed by atoms with Gasteiger partial charge in [-0.25, -0.2) is 9.97 Å². The summed E-state index contributed by atoms with van der Waals surface area (Å²) in [5.41, 5.74) is 2.32. The van der Waals surface area contributed by atoms with E-state index >= 15 is 0 Å². The van der Waals surface area contributed by atoms with Gasteiger partial charge in [0.1, 0.15) is 12.1 Å². The molecule has 1 aliphatic heterocycles. The molecule has 0 saturated heterocycles. The van der Waals surface area contributed by atoms with Crippen LogP contribution in [0.1, 0.15) is 23.4 Å². The quantitative estimate of drug-likeness (QED) is 0.689. The van der Waals surface area contributed by atoms with Gasteiger partial charge in [-0.05, 0) is 30.4 Å². The van der Waals surface area contributed by atoms with E-state index in [0.29, 0.717) is 6.04 Å². The van der Waals surface area contributed by atoms with Crippen molar-refractivity contribution in [2.24, 2.45) is 7.05 Å². The molecule has 102 valence electrons. The Morgan fingerprint density at radius 3 is 3.15 bits per heavy atom. The molecule has 0 spiro atoms. The molecule has 0 saturated carbocycles. The molecule has 0 N–H and O–H groups in total. The smallest absolute Gasteiger partial charge is 0.163 e. The number of thiophene rings is 1. The summed E-state index contributed by atoms with van der Waals surface area (Å²) in [4.78, 5) is 12.7. The molecule has 3 aromatic rings. The standard InChI is InChI=1S/C14H15N5S/c1-9-10-4-6-20-12(10)3-5-19(9)14-11-7-17-18(2)13(11)15-8-16-14/h4,6-9H,3,5H2,1-2H3. The molecule has 5 nitrogen and oxygen atoms in total. The van der Waals surface area contributed by atoms with Gasteiger partial charge in [0.05, 0.1) is 17.6 Å². The number of aromatic nitrogens is 4. The number of nitrogens with zero attached hydrogens (tertiary/aromatic N) is 5. The zero-order chi connectivity index (χ0) is 13.7. The normalized spacial score (nSPS) is 18.5. The first-order valence-electron chi connectivity index (χ1n) is 6.71.